The van der Waals surface area contributed by atoms with Crippen molar-refractivity contribution in [3.8, 4) is 0 Å². The predicted molar refractivity (Wildman–Crippen MR) is 58.9 cm³/mol. The third-order valence-corrected chi connectivity index (χ3v) is 2.59. The van der Waals surface area contributed by atoms with Crippen LogP contribution < -0.4 is 5.32 Å². The molecule has 16 heavy (non-hydrogen) atoms. The Morgan fingerprint density at radius 2 is 2.25 bits per heavy atom. The lowest BCUT2D eigenvalue weighted by molar-refractivity contribution is -0.151. The first-order valence-corrected chi connectivity index (χ1v) is 5.27. The first-order valence-electron chi connectivity index (χ1n) is 5.27. The first kappa shape index (κ1) is 10.7. The molecule has 0 aromatic heterocycles. The highest BCUT2D eigenvalue weighted by Crippen LogP contribution is 2.25. The van der Waals surface area contributed by atoms with E-state index in [2.05, 4.69) is 5.32 Å². The Morgan fingerprint density at radius 3 is 3.00 bits per heavy atom. The van der Waals surface area contributed by atoms with Crippen molar-refractivity contribution < 1.29 is 14.3 Å². The maximum absolute atomic E-state index is 11.7. The fourth-order valence-corrected chi connectivity index (χ4v) is 1.79. The summed E-state index contributed by atoms with van der Waals surface area (Å²) in [6.45, 7) is 2.02. The van der Waals surface area contributed by atoms with Crippen LogP contribution in [-0.4, -0.2) is 18.5 Å². The smallest absolute Gasteiger partial charge is 0.318 e. The molecule has 1 aromatic carbocycles. The maximum Gasteiger partial charge on any atom is 0.318 e. The minimum Gasteiger partial charge on any atom is -0.465 e. The fraction of sp³-hybridized carbons (Fsp3) is 0.333. The van der Waals surface area contributed by atoms with Gasteiger partial charge in [-0.05, 0) is 25.0 Å². The third-order valence-electron chi connectivity index (χ3n) is 2.59. The normalized spacial score (nSPS) is 18.6. The van der Waals surface area contributed by atoms with E-state index in [9.17, 15) is 9.59 Å². The second-order valence-electron chi connectivity index (χ2n) is 3.66. The number of amides is 1. The van der Waals surface area contributed by atoms with E-state index in [-0.39, 0.29) is 5.91 Å². The molecule has 0 saturated heterocycles. The second kappa shape index (κ2) is 4.35. The van der Waals surface area contributed by atoms with Crippen LogP contribution in [0.15, 0.2) is 24.3 Å². The summed E-state index contributed by atoms with van der Waals surface area (Å²) in [5.41, 5.74) is 1.76. The van der Waals surface area contributed by atoms with Crippen molar-refractivity contribution >= 4 is 17.6 Å². The van der Waals surface area contributed by atoms with E-state index in [0.717, 1.165) is 11.3 Å². The molecule has 84 valence electrons. The molecule has 0 saturated carbocycles. The minimum absolute atomic E-state index is 0.280. The number of anilines is 1. The Bertz CT molecular complexity index is 428. The summed E-state index contributed by atoms with van der Waals surface area (Å²) in [6, 6.07) is 7.47. The molecule has 2 rings (SSSR count). The fourth-order valence-electron chi connectivity index (χ4n) is 1.79. The highest BCUT2D eigenvalue weighted by molar-refractivity contribution is 6.07. The highest BCUT2D eigenvalue weighted by atomic mass is 16.5. The molecule has 0 fully saturated rings. The maximum atomic E-state index is 11.7. The number of ether oxygens (including phenoxy) is 1. The van der Waals surface area contributed by atoms with Gasteiger partial charge >= 0.3 is 5.97 Å². The number of benzene rings is 1. The van der Waals surface area contributed by atoms with Gasteiger partial charge in [-0.2, -0.15) is 0 Å². The summed E-state index contributed by atoms with van der Waals surface area (Å²) >= 11 is 0. The van der Waals surface area contributed by atoms with E-state index >= 15 is 0 Å². The SMILES string of the molecule is CCOC(=O)[C@@H]1Cc2ccccc2NC1=O. The van der Waals surface area contributed by atoms with Crippen LogP contribution in [0.5, 0.6) is 0 Å². The zero-order valence-corrected chi connectivity index (χ0v) is 9.03. The van der Waals surface area contributed by atoms with Crippen molar-refractivity contribution in [2.24, 2.45) is 5.92 Å². The number of nitrogens with one attached hydrogen (secondary N) is 1. The first-order chi connectivity index (χ1) is 7.72. The van der Waals surface area contributed by atoms with Gasteiger partial charge < -0.3 is 10.1 Å². The van der Waals surface area contributed by atoms with Crippen molar-refractivity contribution in [3.05, 3.63) is 29.8 Å². The Balaban J connectivity index is 2.21. The lowest BCUT2D eigenvalue weighted by Gasteiger charge is -2.22. The minimum atomic E-state index is -0.713. The van der Waals surface area contributed by atoms with Crippen LogP contribution in [-0.2, 0) is 20.7 Å². The number of fused-ring (bicyclic) bond motifs is 1. The third kappa shape index (κ3) is 1.91. The molecule has 0 bridgehead atoms. The van der Waals surface area contributed by atoms with Crippen LogP contribution in [0.4, 0.5) is 5.69 Å². The highest BCUT2D eigenvalue weighted by Gasteiger charge is 2.32. The standard InChI is InChI=1S/C12H13NO3/c1-2-16-12(15)9-7-8-5-3-4-6-10(8)13-11(9)14/h3-6,9H,2,7H2,1H3,(H,13,14)/t9-/m1/s1. The molecule has 1 atom stereocenters. The molecule has 4 nitrogen and oxygen atoms in total. The van der Waals surface area contributed by atoms with Gasteiger partial charge in [0.15, 0.2) is 0 Å². The van der Waals surface area contributed by atoms with Gasteiger partial charge in [0.05, 0.1) is 6.61 Å². The van der Waals surface area contributed by atoms with E-state index in [0.29, 0.717) is 13.0 Å². The molecule has 0 unspecified atom stereocenters. The van der Waals surface area contributed by atoms with Crippen LogP contribution in [0.25, 0.3) is 0 Å². The number of carbonyl (C=O) groups excluding carboxylic acids is 2. The molecule has 1 aliphatic rings. The largest absolute Gasteiger partial charge is 0.465 e. The van der Waals surface area contributed by atoms with E-state index in [1.165, 1.54) is 0 Å². The molecule has 1 aromatic rings. The average Bonchev–Trinajstić information content (AvgIpc) is 2.28. The van der Waals surface area contributed by atoms with Gasteiger partial charge in [0.25, 0.3) is 0 Å². The van der Waals surface area contributed by atoms with Crippen LogP contribution >= 0.6 is 0 Å². The summed E-state index contributed by atoms with van der Waals surface area (Å²) < 4.78 is 4.87. The Labute approximate surface area is 93.6 Å². The van der Waals surface area contributed by atoms with E-state index in [1.807, 2.05) is 24.3 Å². The number of hydrogen-bond acceptors (Lipinski definition) is 3. The van der Waals surface area contributed by atoms with Gasteiger partial charge in [0, 0.05) is 5.69 Å². The molecule has 0 aliphatic carbocycles. The lowest BCUT2D eigenvalue weighted by atomic mass is 9.93. The molecular weight excluding hydrogens is 206 g/mol. The van der Waals surface area contributed by atoms with E-state index in [4.69, 9.17) is 4.74 Å². The van der Waals surface area contributed by atoms with Gasteiger partial charge in [0.2, 0.25) is 5.91 Å². The summed E-state index contributed by atoms with van der Waals surface area (Å²) in [6.07, 6.45) is 0.418. The number of carbonyl (C=O) groups is 2. The molecule has 0 radical (unpaired) electrons. The van der Waals surface area contributed by atoms with Crippen LogP contribution in [0.3, 0.4) is 0 Å². The molecule has 0 spiro atoms. The number of hydrogen-bond donors (Lipinski definition) is 1. The number of esters is 1. The summed E-state index contributed by atoms with van der Waals surface area (Å²) in [4.78, 5) is 23.2. The van der Waals surface area contributed by atoms with Crippen LogP contribution in [0, 0.1) is 5.92 Å². The number of rotatable bonds is 2. The van der Waals surface area contributed by atoms with Crippen molar-refractivity contribution in [2.45, 2.75) is 13.3 Å². The van der Waals surface area contributed by atoms with Crippen LogP contribution in [0.2, 0.25) is 0 Å². The predicted octanol–water partition coefficient (Wildman–Crippen LogP) is 1.36. The van der Waals surface area contributed by atoms with Gasteiger partial charge in [-0.1, -0.05) is 18.2 Å². The zero-order chi connectivity index (χ0) is 11.5. The van der Waals surface area contributed by atoms with E-state index in [1.54, 1.807) is 6.92 Å². The van der Waals surface area contributed by atoms with Crippen LogP contribution in [0.1, 0.15) is 12.5 Å². The second-order valence-corrected chi connectivity index (χ2v) is 3.66. The molecule has 4 heteroatoms. The molecule has 1 aliphatic heterocycles. The van der Waals surface area contributed by atoms with Gasteiger partial charge in [-0.25, -0.2) is 0 Å². The van der Waals surface area contributed by atoms with Crippen molar-refractivity contribution in [1.29, 1.82) is 0 Å². The van der Waals surface area contributed by atoms with Gasteiger partial charge in [-0.15, -0.1) is 0 Å². The molecule has 1 N–H and O–H groups in total. The zero-order valence-electron chi connectivity index (χ0n) is 9.03. The Kier molecular flexibility index (Phi) is 2.90. The molecule has 1 heterocycles. The molecular formula is C12H13NO3. The van der Waals surface area contributed by atoms with Gasteiger partial charge in [-0.3, -0.25) is 9.59 Å². The quantitative estimate of drug-likeness (QED) is 0.603. The van der Waals surface area contributed by atoms with E-state index < -0.39 is 11.9 Å². The summed E-state index contributed by atoms with van der Waals surface area (Å²) in [5.74, 6) is -1.44. The molecule has 1 amide bonds. The van der Waals surface area contributed by atoms with Crippen molar-refractivity contribution in [2.75, 3.05) is 11.9 Å². The topological polar surface area (TPSA) is 55.4 Å². The summed E-state index contributed by atoms with van der Waals surface area (Å²) in [5, 5.41) is 2.71. The Morgan fingerprint density at radius 1 is 1.50 bits per heavy atom. The van der Waals surface area contributed by atoms with Crippen molar-refractivity contribution in [1.82, 2.24) is 0 Å². The number of para-hydroxylation sites is 1. The average molecular weight is 219 g/mol. The monoisotopic (exact) mass is 219 g/mol. The summed E-state index contributed by atoms with van der Waals surface area (Å²) in [7, 11) is 0. The van der Waals surface area contributed by atoms with Gasteiger partial charge in [0.1, 0.15) is 5.92 Å². The lowest BCUT2D eigenvalue weighted by Crippen LogP contribution is -2.36. The Hall–Kier alpha value is -1.84. The van der Waals surface area contributed by atoms with Crippen molar-refractivity contribution in [3.63, 3.8) is 0 Å².